The van der Waals surface area contributed by atoms with Gasteiger partial charge in [-0.3, -0.25) is 14.5 Å². The maximum atomic E-state index is 13.1. The maximum Gasteiger partial charge on any atom is 0.335 e. The van der Waals surface area contributed by atoms with Gasteiger partial charge in [0.25, 0.3) is 11.1 Å². The molecule has 0 atom stereocenters. The number of carboxylic acids is 1. The quantitative estimate of drug-likeness (QED) is 0.543. The van der Waals surface area contributed by atoms with Crippen LogP contribution in [-0.2, 0) is 11.3 Å². The van der Waals surface area contributed by atoms with Gasteiger partial charge >= 0.3 is 5.97 Å². The molecule has 31 heavy (non-hydrogen) atoms. The summed E-state index contributed by atoms with van der Waals surface area (Å²) in [4.78, 5) is 37.6. The van der Waals surface area contributed by atoms with E-state index in [9.17, 15) is 23.9 Å². The second kappa shape index (κ2) is 8.23. The fourth-order valence-corrected chi connectivity index (χ4v) is 4.07. The maximum absolute atomic E-state index is 13.1. The first-order chi connectivity index (χ1) is 14.8. The van der Waals surface area contributed by atoms with Gasteiger partial charge in [0.1, 0.15) is 17.3 Å². The normalized spacial score (nSPS) is 15.2. The molecule has 1 aliphatic rings. The molecule has 2 aromatic carbocycles. The summed E-state index contributed by atoms with van der Waals surface area (Å²) >= 11 is 0.800. The summed E-state index contributed by atoms with van der Waals surface area (Å²) in [5, 5.41) is 8.88. The smallest absolute Gasteiger partial charge is 0.335 e. The van der Waals surface area contributed by atoms with Crippen molar-refractivity contribution >= 4 is 35.0 Å². The number of nitrogens with zero attached hydrogens (tertiary/aromatic N) is 1. The number of benzene rings is 2. The Morgan fingerprint density at radius 3 is 2.58 bits per heavy atom. The minimum absolute atomic E-state index is 0.0485. The third-order valence-corrected chi connectivity index (χ3v) is 5.76. The van der Waals surface area contributed by atoms with E-state index >= 15 is 0 Å². The molecule has 0 unspecified atom stereocenters. The predicted octanol–water partition coefficient (Wildman–Crippen LogP) is 5.33. The van der Waals surface area contributed by atoms with Gasteiger partial charge in [-0.05, 0) is 60.1 Å². The van der Waals surface area contributed by atoms with Crippen LogP contribution in [0.5, 0.6) is 0 Å². The number of amides is 2. The summed E-state index contributed by atoms with van der Waals surface area (Å²) < 4.78 is 18.9. The molecule has 3 aromatic rings. The molecule has 0 radical (unpaired) electrons. The first kappa shape index (κ1) is 20.6. The van der Waals surface area contributed by atoms with E-state index in [-0.39, 0.29) is 17.0 Å². The van der Waals surface area contributed by atoms with Crippen LogP contribution in [0.25, 0.3) is 17.4 Å². The number of hydrogen-bond donors (Lipinski definition) is 1. The van der Waals surface area contributed by atoms with Gasteiger partial charge in [-0.25, -0.2) is 9.18 Å². The van der Waals surface area contributed by atoms with Crippen molar-refractivity contribution in [1.29, 1.82) is 0 Å². The molecule has 0 bridgehead atoms. The molecular weight excluding hydrogens is 421 g/mol. The Balaban J connectivity index is 1.56. The molecule has 2 heterocycles. The number of carbonyl (C=O) groups excluding carboxylic acids is 2. The largest absolute Gasteiger partial charge is 0.478 e. The molecule has 156 valence electrons. The molecule has 2 amide bonds. The summed E-state index contributed by atoms with van der Waals surface area (Å²) in [6, 6.07) is 13.8. The number of carboxylic acid groups (broad SMARTS) is 1. The van der Waals surface area contributed by atoms with E-state index in [1.807, 2.05) is 0 Å². The molecule has 0 aliphatic carbocycles. The SMILES string of the molecule is Cc1c(C(=O)O)cccc1-c1ccc(/C=C2/SC(=O)N(Cc3ccc(F)cc3)C2=O)o1. The Kier molecular flexibility index (Phi) is 5.48. The minimum Gasteiger partial charge on any atom is -0.478 e. The zero-order valence-electron chi connectivity index (χ0n) is 16.3. The third kappa shape index (κ3) is 4.15. The van der Waals surface area contributed by atoms with Crippen LogP contribution < -0.4 is 0 Å². The molecule has 6 nitrogen and oxygen atoms in total. The van der Waals surface area contributed by atoms with E-state index < -0.39 is 22.9 Å². The first-order valence-corrected chi connectivity index (χ1v) is 10.1. The van der Waals surface area contributed by atoms with Crippen LogP contribution in [0.4, 0.5) is 9.18 Å². The topological polar surface area (TPSA) is 87.8 Å². The Labute approximate surface area is 181 Å². The van der Waals surface area contributed by atoms with Gasteiger partial charge in [0.15, 0.2) is 0 Å². The number of carbonyl (C=O) groups is 3. The van der Waals surface area contributed by atoms with E-state index in [0.717, 1.165) is 16.7 Å². The number of rotatable bonds is 5. The van der Waals surface area contributed by atoms with Crippen LogP contribution in [0.15, 0.2) is 63.9 Å². The van der Waals surface area contributed by atoms with Crippen LogP contribution in [-0.4, -0.2) is 27.1 Å². The highest BCUT2D eigenvalue weighted by molar-refractivity contribution is 8.18. The van der Waals surface area contributed by atoms with Crippen LogP contribution in [0, 0.1) is 12.7 Å². The van der Waals surface area contributed by atoms with Gasteiger partial charge in [-0.15, -0.1) is 0 Å². The van der Waals surface area contributed by atoms with Gasteiger partial charge in [0.2, 0.25) is 0 Å². The van der Waals surface area contributed by atoms with Crippen LogP contribution in [0.3, 0.4) is 0 Å². The van der Waals surface area contributed by atoms with Gasteiger partial charge in [0, 0.05) is 11.6 Å². The Morgan fingerprint density at radius 1 is 1.13 bits per heavy atom. The van der Waals surface area contributed by atoms with E-state index in [1.165, 1.54) is 36.4 Å². The number of hydrogen-bond acceptors (Lipinski definition) is 5. The molecule has 8 heteroatoms. The van der Waals surface area contributed by atoms with E-state index in [0.29, 0.717) is 28.2 Å². The monoisotopic (exact) mass is 437 g/mol. The molecule has 1 aromatic heterocycles. The average molecular weight is 437 g/mol. The fourth-order valence-electron chi connectivity index (χ4n) is 3.25. The number of thioether (sulfide) groups is 1. The van der Waals surface area contributed by atoms with Crippen molar-refractivity contribution in [3.8, 4) is 11.3 Å². The summed E-state index contributed by atoms with van der Waals surface area (Å²) in [6.07, 6.45) is 1.48. The molecule has 1 aliphatic heterocycles. The molecule has 4 rings (SSSR count). The lowest BCUT2D eigenvalue weighted by atomic mass is 10.0. The molecule has 0 spiro atoms. The second-order valence-corrected chi connectivity index (χ2v) is 7.87. The minimum atomic E-state index is -1.03. The van der Waals surface area contributed by atoms with Crippen molar-refractivity contribution in [1.82, 2.24) is 4.90 Å². The first-order valence-electron chi connectivity index (χ1n) is 9.26. The third-order valence-electron chi connectivity index (χ3n) is 4.86. The highest BCUT2D eigenvalue weighted by Gasteiger charge is 2.35. The predicted molar refractivity (Wildman–Crippen MR) is 114 cm³/mol. The summed E-state index contributed by atoms with van der Waals surface area (Å²) in [5.74, 6) is -1.06. The zero-order valence-corrected chi connectivity index (χ0v) is 17.1. The van der Waals surface area contributed by atoms with Crippen molar-refractivity contribution in [2.45, 2.75) is 13.5 Å². The summed E-state index contributed by atoms with van der Waals surface area (Å²) in [6.45, 7) is 1.74. The van der Waals surface area contributed by atoms with E-state index in [1.54, 1.807) is 31.2 Å². The average Bonchev–Trinajstić information content (AvgIpc) is 3.30. The van der Waals surface area contributed by atoms with Crippen LogP contribution in [0.1, 0.15) is 27.2 Å². The van der Waals surface area contributed by atoms with Gasteiger partial charge in [-0.2, -0.15) is 0 Å². The number of aromatic carboxylic acids is 1. The lowest BCUT2D eigenvalue weighted by Crippen LogP contribution is -2.27. The van der Waals surface area contributed by atoms with Crippen molar-refractivity contribution in [3.05, 3.63) is 87.8 Å². The standard InChI is InChI=1S/C23H16FNO5S/c1-13-17(3-2-4-18(13)22(27)28)19-10-9-16(30-19)11-20-21(26)25(23(29)31-20)12-14-5-7-15(24)8-6-14/h2-11H,12H2,1H3,(H,27,28)/b20-11+. The Bertz CT molecular complexity index is 1230. The lowest BCUT2D eigenvalue weighted by molar-refractivity contribution is -0.123. The zero-order chi connectivity index (χ0) is 22.1. The van der Waals surface area contributed by atoms with E-state index in [2.05, 4.69) is 0 Å². The lowest BCUT2D eigenvalue weighted by Gasteiger charge is -2.12. The number of halogens is 1. The molecule has 0 saturated carbocycles. The molecular formula is C23H16FNO5S. The molecule has 1 saturated heterocycles. The van der Waals surface area contributed by atoms with Crippen molar-refractivity contribution in [3.63, 3.8) is 0 Å². The van der Waals surface area contributed by atoms with Gasteiger partial charge in [0.05, 0.1) is 17.0 Å². The second-order valence-electron chi connectivity index (χ2n) is 6.88. The summed E-state index contributed by atoms with van der Waals surface area (Å²) in [5.41, 5.74) is 2.01. The molecule has 1 N–H and O–H groups in total. The van der Waals surface area contributed by atoms with Gasteiger partial charge in [-0.1, -0.05) is 24.3 Å². The van der Waals surface area contributed by atoms with Crippen molar-refractivity contribution < 1.29 is 28.3 Å². The van der Waals surface area contributed by atoms with Crippen LogP contribution >= 0.6 is 11.8 Å². The van der Waals surface area contributed by atoms with E-state index in [4.69, 9.17) is 4.42 Å². The van der Waals surface area contributed by atoms with Crippen LogP contribution in [0.2, 0.25) is 0 Å². The Hall–Kier alpha value is -3.65. The van der Waals surface area contributed by atoms with Crippen molar-refractivity contribution in [2.75, 3.05) is 0 Å². The number of imide groups is 1. The fraction of sp³-hybridized carbons (Fsp3) is 0.0870. The highest BCUT2D eigenvalue weighted by atomic mass is 32.2. The highest BCUT2D eigenvalue weighted by Crippen LogP contribution is 2.35. The Morgan fingerprint density at radius 2 is 1.87 bits per heavy atom. The summed E-state index contributed by atoms with van der Waals surface area (Å²) in [7, 11) is 0. The van der Waals surface area contributed by atoms with Gasteiger partial charge < -0.3 is 9.52 Å². The molecule has 1 fully saturated rings. The number of furan rings is 1. The van der Waals surface area contributed by atoms with Crippen molar-refractivity contribution in [2.24, 2.45) is 0 Å².